The van der Waals surface area contributed by atoms with Crippen molar-refractivity contribution in [3.63, 3.8) is 0 Å². The molecular weight excluding hydrogens is 269 g/mol. The third kappa shape index (κ3) is 4.43. The van der Waals surface area contributed by atoms with Crippen LogP contribution in [0.3, 0.4) is 0 Å². The Morgan fingerprint density at radius 3 is 2.95 bits per heavy atom. The Balaban J connectivity index is 1.90. The Morgan fingerprint density at radius 1 is 1.48 bits per heavy atom. The number of benzene rings is 1. The number of likely N-dealkylation sites (N-methyl/N-ethyl adjacent to an activating group) is 1. The monoisotopic (exact) mass is 293 g/mol. The highest BCUT2D eigenvalue weighted by Crippen LogP contribution is 2.26. The van der Waals surface area contributed by atoms with Gasteiger partial charge in [0.15, 0.2) is 0 Å². The van der Waals surface area contributed by atoms with Gasteiger partial charge in [0.2, 0.25) is 5.91 Å². The molecule has 4 nitrogen and oxygen atoms in total. The van der Waals surface area contributed by atoms with Crippen molar-refractivity contribution in [1.29, 1.82) is 0 Å². The number of anilines is 2. The first-order valence-electron chi connectivity index (χ1n) is 7.51. The Morgan fingerprint density at radius 2 is 2.24 bits per heavy atom. The molecule has 0 saturated heterocycles. The molecule has 1 saturated carbocycles. The summed E-state index contributed by atoms with van der Waals surface area (Å²) in [7, 11) is 1.97. The van der Waals surface area contributed by atoms with Gasteiger partial charge in [-0.25, -0.2) is 4.39 Å². The molecule has 1 aromatic rings. The fourth-order valence-corrected chi connectivity index (χ4v) is 2.98. The lowest BCUT2D eigenvalue weighted by Crippen LogP contribution is -2.40. The summed E-state index contributed by atoms with van der Waals surface area (Å²) in [6.07, 6.45) is 4.76. The van der Waals surface area contributed by atoms with Gasteiger partial charge in [-0.1, -0.05) is 19.8 Å². The van der Waals surface area contributed by atoms with Crippen molar-refractivity contribution >= 4 is 17.3 Å². The summed E-state index contributed by atoms with van der Waals surface area (Å²) in [4.78, 5) is 14.2. The van der Waals surface area contributed by atoms with Crippen LogP contribution in [0.15, 0.2) is 18.2 Å². The van der Waals surface area contributed by atoms with Crippen LogP contribution < -0.4 is 11.1 Å². The van der Waals surface area contributed by atoms with Gasteiger partial charge in [-0.2, -0.15) is 0 Å². The van der Waals surface area contributed by atoms with Crippen LogP contribution in [0.5, 0.6) is 0 Å². The fourth-order valence-electron chi connectivity index (χ4n) is 2.98. The fraction of sp³-hybridized carbons (Fsp3) is 0.562. The van der Waals surface area contributed by atoms with E-state index in [9.17, 15) is 9.18 Å². The highest BCUT2D eigenvalue weighted by atomic mass is 19.1. The molecule has 5 heteroatoms. The number of nitrogens with zero attached hydrogens (tertiary/aromatic N) is 1. The van der Waals surface area contributed by atoms with Gasteiger partial charge in [-0.3, -0.25) is 9.69 Å². The van der Waals surface area contributed by atoms with Crippen LogP contribution >= 0.6 is 0 Å². The zero-order valence-electron chi connectivity index (χ0n) is 12.7. The van der Waals surface area contributed by atoms with E-state index in [1.807, 2.05) is 7.05 Å². The van der Waals surface area contributed by atoms with E-state index in [-0.39, 0.29) is 5.91 Å². The zero-order chi connectivity index (χ0) is 15.4. The van der Waals surface area contributed by atoms with E-state index in [0.717, 1.165) is 12.8 Å². The molecule has 3 N–H and O–H groups in total. The smallest absolute Gasteiger partial charge is 0.238 e. The second-order valence-electron chi connectivity index (χ2n) is 6.12. The number of nitrogens with one attached hydrogen (secondary N) is 1. The first kappa shape index (κ1) is 15.8. The highest BCUT2D eigenvalue weighted by Gasteiger charge is 2.23. The van der Waals surface area contributed by atoms with Gasteiger partial charge < -0.3 is 11.1 Å². The Kier molecular flexibility index (Phi) is 5.17. The second kappa shape index (κ2) is 6.89. The van der Waals surface area contributed by atoms with Crippen LogP contribution in [-0.4, -0.2) is 30.4 Å². The van der Waals surface area contributed by atoms with Crippen LogP contribution in [0.4, 0.5) is 15.8 Å². The van der Waals surface area contributed by atoms with Crippen LogP contribution in [0.25, 0.3) is 0 Å². The number of nitrogens with two attached hydrogens (primary N) is 1. The van der Waals surface area contributed by atoms with Crippen molar-refractivity contribution in [2.24, 2.45) is 5.92 Å². The number of hydrogen-bond donors (Lipinski definition) is 2. The lowest BCUT2D eigenvalue weighted by Gasteiger charge is -2.33. The molecule has 0 bridgehead atoms. The summed E-state index contributed by atoms with van der Waals surface area (Å²) in [5.41, 5.74) is 6.45. The largest absolute Gasteiger partial charge is 0.397 e. The predicted octanol–water partition coefficient (Wildman–Crippen LogP) is 2.86. The molecule has 1 aliphatic rings. The van der Waals surface area contributed by atoms with Gasteiger partial charge in [0.05, 0.1) is 17.9 Å². The molecule has 116 valence electrons. The molecule has 21 heavy (non-hydrogen) atoms. The molecule has 0 heterocycles. The van der Waals surface area contributed by atoms with Gasteiger partial charge in [-0.05, 0) is 44.0 Å². The maximum Gasteiger partial charge on any atom is 0.238 e. The van der Waals surface area contributed by atoms with Crippen LogP contribution in [0.2, 0.25) is 0 Å². The summed E-state index contributed by atoms with van der Waals surface area (Å²) in [5, 5.41) is 2.69. The minimum absolute atomic E-state index is 0.159. The van der Waals surface area contributed by atoms with Crippen LogP contribution in [-0.2, 0) is 4.79 Å². The van der Waals surface area contributed by atoms with Gasteiger partial charge >= 0.3 is 0 Å². The van der Waals surface area contributed by atoms with E-state index in [1.165, 1.54) is 31.0 Å². The molecule has 1 fully saturated rings. The van der Waals surface area contributed by atoms with Crippen molar-refractivity contribution < 1.29 is 9.18 Å². The van der Waals surface area contributed by atoms with Gasteiger partial charge in [0.1, 0.15) is 5.82 Å². The maximum atomic E-state index is 13.2. The van der Waals surface area contributed by atoms with Gasteiger partial charge in [0, 0.05) is 6.04 Å². The average Bonchev–Trinajstić information content (AvgIpc) is 2.42. The standard InChI is InChI=1S/C16H24FN3O/c1-11-4-3-5-13(8-11)20(2)10-16(21)19-15-9-12(17)6-7-14(15)18/h6-7,9,11,13H,3-5,8,10,18H2,1-2H3,(H,19,21). The number of halogens is 1. The lowest BCUT2D eigenvalue weighted by molar-refractivity contribution is -0.117. The summed E-state index contributed by atoms with van der Waals surface area (Å²) >= 11 is 0. The molecule has 0 aromatic heterocycles. The molecule has 0 aliphatic heterocycles. The maximum absolute atomic E-state index is 13.2. The number of amides is 1. The van der Waals surface area contributed by atoms with E-state index in [1.54, 1.807) is 0 Å². The molecule has 1 aromatic carbocycles. The molecule has 2 rings (SSSR count). The van der Waals surface area contributed by atoms with Crippen molar-refractivity contribution in [2.45, 2.75) is 38.6 Å². The molecule has 1 amide bonds. The molecule has 0 radical (unpaired) electrons. The molecule has 0 spiro atoms. The minimum atomic E-state index is -0.408. The number of carbonyl (C=O) groups is 1. The third-order valence-corrected chi connectivity index (χ3v) is 4.21. The number of rotatable bonds is 4. The van der Waals surface area contributed by atoms with Crippen molar-refractivity contribution in [3.8, 4) is 0 Å². The second-order valence-corrected chi connectivity index (χ2v) is 6.12. The molecular formula is C16H24FN3O. The summed E-state index contributed by atoms with van der Waals surface area (Å²) in [6, 6.07) is 4.43. The lowest BCUT2D eigenvalue weighted by atomic mass is 9.86. The number of carbonyl (C=O) groups excluding carboxylic acids is 1. The van der Waals surface area contributed by atoms with E-state index in [2.05, 4.69) is 17.1 Å². The van der Waals surface area contributed by atoms with E-state index < -0.39 is 5.82 Å². The Bertz CT molecular complexity index is 506. The van der Waals surface area contributed by atoms with E-state index in [0.29, 0.717) is 29.9 Å². The summed E-state index contributed by atoms with van der Waals surface area (Å²) < 4.78 is 13.2. The predicted molar refractivity (Wildman–Crippen MR) is 83.5 cm³/mol. The Hall–Kier alpha value is -1.62. The summed E-state index contributed by atoms with van der Waals surface area (Å²) in [6.45, 7) is 2.56. The summed E-state index contributed by atoms with van der Waals surface area (Å²) in [5.74, 6) is 0.148. The third-order valence-electron chi connectivity index (χ3n) is 4.21. The zero-order valence-corrected chi connectivity index (χ0v) is 12.7. The van der Waals surface area contributed by atoms with Crippen LogP contribution in [0.1, 0.15) is 32.6 Å². The van der Waals surface area contributed by atoms with Crippen molar-refractivity contribution in [3.05, 3.63) is 24.0 Å². The van der Waals surface area contributed by atoms with E-state index in [4.69, 9.17) is 5.73 Å². The topological polar surface area (TPSA) is 58.4 Å². The van der Waals surface area contributed by atoms with Gasteiger partial charge in [-0.15, -0.1) is 0 Å². The SMILES string of the molecule is CC1CCCC(N(C)CC(=O)Nc2cc(F)ccc2N)C1. The minimum Gasteiger partial charge on any atom is -0.397 e. The van der Waals surface area contributed by atoms with E-state index >= 15 is 0 Å². The molecule has 1 aliphatic carbocycles. The first-order chi connectivity index (χ1) is 9.95. The van der Waals surface area contributed by atoms with Crippen LogP contribution in [0, 0.1) is 11.7 Å². The highest BCUT2D eigenvalue weighted by molar-refractivity contribution is 5.95. The normalized spacial score (nSPS) is 22.3. The first-order valence-corrected chi connectivity index (χ1v) is 7.51. The van der Waals surface area contributed by atoms with Crippen molar-refractivity contribution in [1.82, 2.24) is 4.90 Å². The Labute approximate surface area is 125 Å². The van der Waals surface area contributed by atoms with Crippen molar-refractivity contribution in [2.75, 3.05) is 24.6 Å². The average molecular weight is 293 g/mol. The van der Waals surface area contributed by atoms with Gasteiger partial charge in [0.25, 0.3) is 0 Å². The number of nitrogen functional groups attached to an aromatic ring is 1. The molecule has 2 unspecified atom stereocenters. The number of hydrogen-bond acceptors (Lipinski definition) is 3. The quantitative estimate of drug-likeness (QED) is 0.839. The molecule has 2 atom stereocenters.